The number of fused-ring (bicyclic) bond motifs is 2. The van der Waals surface area contributed by atoms with Crippen LogP contribution < -0.4 is 5.32 Å². The monoisotopic (exact) mass is 449 g/mol. The Labute approximate surface area is 193 Å². The molecule has 0 fully saturated rings. The summed E-state index contributed by atoms with van der Waals surface area (Å²) in [6.07, 6.45) is 10.7. The number of nitrogens with zero attached hydrogens (tertiary/aromatic N) is 4. The lowest BCUT2D eigenvalue weighted by atomic mass is 10.1. The summed E-state index contributed by atoms with van der Waals surface area (Å²) >= 11 is 0. The van der Waals surface area contributed by atoms with Crippen LogP contribution in [0, 0.1) is 0 Å². The van der Waals surface area contributed by atoms with Crippen molar-refractivity contribution in [3.8, 4) is 33.6 Å². The van der Waals surface area contributed by atoms with Gasteiger partial charge in [-0.1, -0.05) is 6.92 Å². The van der Waals surface area contributed by atoms with Gasteiger partial charge in [0.2, 0.25) is 5.91 Å². The molecule has 1 amide bonds. The van der Waals surface area contributed by atoms with Gasteiger partial charge in [-0.2, -0.15) is 5.10 Å². The first-order valence-electron chi connectivity index (χ1n) is 10.8. The van der Waals surface area contributed by atoms with Gasteiger partial charge in [-0.15, -0.1) is 0 Å². The number of carbonyl (C=O) groups is 1. The normalized spacial score (nSPS) is 11.3. The molecule has 0 spiro atoms. The Balaban J connectivity index is 1.43. The van der Waals surface area contributed by atoms with Gasteiger partial charge in [-0.05, 0) is 35.9 Å². The molecule has 0 atom stereocenters. The third-order valence-electron chi connectivity index (χ3n) is 5.71. The van der Waals surface area contributed by atoms with E-state index in [0.29, 0.717) is 17.8 Å². The molecule has 34 heavy (non-hydrogen) atoms. The first-order chi connectivity index (χ1) is 16.7. The lowest BCUT2D eigenvalue weighted by Crippen LogP contribution is -2.09. The number of nitrogens with one attached hydrogen (secondary N) is 3. The maximum Gasteiger partial charge on any atom is 0.224 e. The van der Waals surface area contributed by atoms with Gasteiger partial charge < -0.3 is 14.7 Å². The van der Waals surface area contributed by atoms with Gasteiger partial charge in [-0.25, -0.2) is 9.97 Å². The van der Waals surface area contributed by atoms with Crippen LogP contribution in [0.5, 0.6) is 0 Å². The number of carbonyl (C=O) groups excluding carboxylic acids is 1. The van der Waals surface area contributed by atoms with Crippen LogP contribution in [-0.4, -0.2) is 36.0 Å². The SMILES string of the molecule is CCC(=O)Nc1cncc(-c2cnc3[nH]nc(-c4cc5c(-c6ccoc6)ccnc5[nH]4)c3c2)c1. The van der Waals surface area contributed by atoms with E-state index in [1.807, 2.05) is 37.3 Å². The molecule has 166 valence electrons. The van der Waals surface area contributed by atoms with Crippen LogP contribution in [0.4, 0.5) is 5.69 Å². The maximum absolute atomic E-state index is 11.8. The van der Waals surface area contributed by atoms with Gasteiger partial charge in [0.25, 0.3) is 0 Å². The number of H-pyrrole nitrogens is 2. The minimum Gasteiger partial charge on any atom is -0.472 e. The Morgan fingerprint density at radius 3 is 2.76 bits per heavy atom. The Morgan fingerprint density at radius 2 is 1.91 bits per heavy atom. The molecular formula is C25H19N7O2. The molecule has 0 aliphatic heterocycles. The summed E-state index contributed by atoms with van der Waals surface area (Å²) in [5.74, 6) is -0.0631. The second kappa shape index (κ2) is 7.96. The quantitative estimate of drug-likeness (QED) is 0.333. The fraction of sp³-hybridized carbons (Fsp3) is 0.0800. The summed E-state index contributed by atoms with van der Waals surface area (Å²) in [5.41, 5.74) is 7.36. The Morgan fingerprint density at radius 1 is 1.00 bits per heavy atom. The molecule has 0 bridgehead atoms. The predicted molar refractivity (Wildman–Crippen MR) is 129 cm³/mol. The van der Waals surface area contributed by atoms with E-state index in [4.69, 9.17) is 4.42 Å². The number of anilines is 1. The molecule has 0 aromatic carbocycles. The maximum atomic E-state index is 11.8. The molecule has 6 rings (SSSR count). The van der Waals surface area contributed by atoms with Crippen LogP contribution in [0.3, 0.4) is 0 Å². The first-order valence-corrected chi connectivity index (χ1v) is 10.8. The summed E-state index contributed by atoms with van der Waals surface area (Å²) in [6, 6.07) is 9.82. The summed E-state index contributed by atoms with van der Waals surface area (Å²) in [6.45, 7) is 1.81. The highest BCUT2D eigenvalue weighted by atomic mass is 16.3. The molecule has 0 saturated heterocycles. The van der Waals surface area contributed by atoms with Crippen molar-refractivity contribution in [2.75, 3.05) is 5.32 Å². The fourth-order valence-electron chi connectivity index (χ4n) is 4.01. The van der Waals surface area contributed by atoms with E-state index in [0.717, 1.165) is 50.1 Å². The number of amides is 1. The van der Waals surface area contributed by atoms with Crippen molar-refractivity contribution in [2.45, 2.75) is 13.3 Å². The molecule has 6 aromatic heterocycles. The fourth-order valence-corrected chi connectivity index (χ4v) is 4.01. The largest absolute Gasteiger partial charge is 0.472 e. The Bertz CT molecular complexity index is 1650. The molecule has 6 heterocycles. The summed E-state index contributed by atoms with van der Waals surface area (Å²) in [4.78, 5) is 28.4. The number of furan rings is 1. The van der Waals surface area contributed by atoms with Crippen molar-refractivity contribution in [3.63, 3.8) is 0 Å². The van der Waals surface area contributed by atoms with Crippen LogP contribution in [0.2, 0.25) is 0 Å². The average molecular weight is 449 g/mol. The number of pyridine rings is 3. The van der Waals surface area contributed by atoms with E-state index >= 15 is 0 Å². The minimum atomic E-state index is -0.0631. The van der Waals surface area contributed by atoms with E-state index in [2.05, 4.69) is 35.5 Å². The standard InChI is InChI=1S/C25H19N7O2/c1-2-22(33)29-17-7-15(10-26-12-17)16-8-20-23(31-32-25(20)28-11-16)21-9-19-18(14-4-6-34-13-14)3-5-27-24(19)30-21/h3-13H,2H2,1H3,(H,27,30)(H,29,33)(H,28,31,32). The van der Waals surface area contributed by atoms with Gasteiger partial charge in [0.05, 0.1) is 30.1 Å². The molecule has 0 saturated carbocycles. The third-order valence-corrected chi connectivity index (χ3v) is 5.71. The summed E-state index contributed by atoms with van der Waals surface area (Å²) in [5, 5.41) is 12.2. The highest BCUT2D eigenvalue weighted by molar-refractivity contribution is 5.99. The van der Waals surface area contributed by atoms with Crippen LogP contribution in [0.15, 0.2) is 72.1 Å². The smallest absolute Gasteiger partial charge is 0.224 e. The molecule has 0 aliphatic carbocycles. The van der Waals surface area contributed by atoms with Gasteiger partial charge in [0.1, 0.15) is 11.3 Å². The lowest BCUT2D eigenvalue weighted by Gasteiger charge is -2.06. The zero-order chi connectivity index (χ0) is 23.1. The van der Waals surface area contributed by atoms with Crippen LogP contribution >= 0.6 is 0 Å². The highest BCUT2D eigenvalue weighted by Gasteiger charge is 2.16. The Hall–Kier alpha value is -4.79. The van der Waals surface area contributed by atoms with E-state index in [1.54, 1.807) is 37.3 Å². The van der Waals surface area contributed by atoms with Crippen LogP contribution in [-0.2, 0) is 4.79 Å². The second-order valence-corrected chi connectivity index (χ2v) is 7.87. The number of hydrogen-bond acceptors (Lipinski definition) is 6. The molecule has 3 N–H and O–H groups in total. The zero-order valence-corrected chi connectivity index (χ0v) is 18.2. The van der Waals surface area contributed by atoms with Gasteiger partial charge in [-0.3, -0.25) is 14.9 Å². The predicted octanol–water partition coefficient (Wildman–Crippen LogP) is 5.17. The topological polar surface area (TPSA) is 125 Å². The van der Waals surface area contributed by atoms with Gasteiger partial charge in [0.15, 0.2) is 5.65 Å². The number of aromatic amines is 2. The lowest BCUT2D eigenvalue weighted by molar-refractivity contribution is -0.115. The second-order valence-electron chi connectivity index (χ2n) is 7.87. The zero-order valence-electron chi connectivity index (χ0n) is 18.2. The number of rotatable bonds is 5. The van der Waals surface area contributed by atoms with Gasteiger partial charge in [0, 0.05) is 52.5 Å². The molecule has 6 aromatic rings. The Kier molecular flexibility index (Phi) is 4.65. The van der Waals surface area contributed by atoms with Crippen molar-refractivity contribution in [1.82, 2.24) is 30.1 Å². The molecule has 0 unspecified atom stereocenters. The molecule has 9 heteroatoms. The van der Waals surface area contributed by atoms with E-state index < -0.39 is 0 Å². The van der Waals surface area contributed by atoms with Crippen molar-refractivity contribution < 1.29 is 9.21 Å². The van der Waals surface area contributed by atoms with E-state index in [9.17, 15) is 4.79 Å². The number of hydrogen-bond donors (Lipinski definition) is 3. The van der Waals surface area contributed by atoms with Crippen molar-refractivity contribution >= 4 is 33.7 Å². The van der Waals surface area contributed by atoms with E-state index in [-0.39, 0.29) is 5.91 Å². The number of aromatic nitrogens is 6. The molecular weight excluding hydrogens is 430 g/mol. The van der Waals surface area contributed by atoms with Crippen LogP contribution in [0.25, 0.3) is 55.7 Å². The highest BCUT2D eigenvalue weighted by Crippen LogP contribution is 2.34. The molecule has 0 aliphatic rings. The average Bonchev–Trinajstić information content (AvgIpc) is 3.62. The molecule has 0 radical (unpaired) electrons. The van der Waals surface area contributed by atoms with Crippen molar-refractivity contribution in [3.05, 3.63) is 67.6 Å². The summed E-state index contributed by atoms with van der Waals surface area (Å²) in [7, 11) is 0. The van der Waals surface area contributed by atoms with Crippen LogP contribution in [0.1, 0.15) is 13.3 Å². The summed E-state index contributed by atoms with van der Waals surface area (Å²) < 4.78 is 5.26. The first kappa shape index (κ1) is 19.9. The third kappa shape index (κ3) is 3.39. The molecule has 9 nitrogen and oxygen atoms in total. The van der Waals surface area contributed by atoms with Gasteiger partial charge >= 0.3 is 0 Å². The van der Waals surface area contributed by atoms with Crippen molar-refractivity contribution in [2.24, 2.45) is 0 Å². The minimum absolute atomic E-state index is 0.0631. The van der Waals surface area contributed by atoms with E-state index in [1.165, 1.54) is 0 Å². The van der Waals surface area contributed by atoms with Crippen molar-refractivity contribution in [1.29, 1.82) is 0 Å².